The number of urea groups is 1. The Morgan fingerprint density at radius 3 is 2.32 bits per heavy atom. The van der Waals surface area contributed by atoms with Crippen molar-refractivity contribution in [1.29, 1.82) is 0 Å². The highest BCUT2D eigenvalue weighted by Crippen LogP contribution is 2.34. The Balaban J connectivity index is 1.38. The number of fused-ring (bicyclic) bond motifs is 1. The van der Waals surface area contributed by atoms with Crippen molar-refractivity contribution in [1.82, 2.24) is 19.8 Å². The number of hydrogen-bond acceptors (Lipinski definition) is 5. The fourth-order valence-electron chi connectivity index (χ4n) is 5.41. The number of morpholine rings is 1. The molecule has 0 unspecified atom stereocenters. The Hall–Kier alpha value is -4.21. The van der Waals surface area contributed by atoms with E-state index in [4.69, 9.17) is 9.72 Å². The molecule has 3 amide bonds. The van der Waals surface area contributed by atoms with Crippen molar-refractivity contribution in [2.45, 2.75) is 32.7 Å². The summed E-state index contributed by atoms with van der Waals surface area (Å²) in [5, 5.41) is 10.5. The monoisotopic (exact) mass is 554 g/mol. The molecule has 4 aromatic rings. The van der Waals surface area contributed by atoms with Gasteiger partial charge in [-0.1, -0.05) is 57.2 Å². The quantitative estimate of drug-likeness (QED) is 0.297. The molecule has 0 spiro atoms. The Bertz CT molecular complexity index is 1560. The Labute approximate surface area is 240 Å². The molecule has 41 heavy (non-hydrogen) atoms. The summed E-state index contributed by atoms with van der Waals surface area (Å²) in [4.78, 5) is 33.0. The molecule has 9 heteroatoms. The van der Waals surface area contributed by atoms with Gasteiger partial charge in [0.2, 0.25) is 0 Å². The van der Waals surface area contributed by atoms with E-state index in [1.54, 1.807) is 7.05 Å². The van der Waals surface area contributed by atoms with Crippen molar-refractivity contribution in [3.05, 3.63) is 77.9 Å². The van der Waals surface area contributed by atoms with Crippen molar-refractivity contribution in [3.8, 4) is 11.1 Å². The highest BCUT2D eigenvalue weighted by Gasteiger charge is 2.26. The van der Waals surface area contributed by atoms with Crippen LogP contribution in [-0.2, 0) is 23.7 Å². The summed E-state index contributed by atoms with van der Waals surface area (Å²) in [6.07, 6.45) is 1.92. The van der Waals surface area contributed by atoms with Gasteiger partial charge in [-0.3, -0.25) is 14.7 Å². The third kappa shape index (κ3) is 6.11. The molecule has 0 aliphatic carbocycles. The molecule has 1 aliphatic heterocycles. The van der Waals surface area contributed by atoms with Crippen molar-refractivity contribution in [2.75, 3.05) is 44.0 Å². The lowest BCUT2D eigenvalue weighted by Gasteiger charge is -2.26. The van der Waals surface area contributed by atoms with Crippen molar-refractivity contribution in [2.24, 2.45) is 7.05 Å². The van der Waals surface area contributed by atoms with E-state index in [1.807, 2.05) is 60.3 Å². The fourth-order valence-corrected chi connectivity index (χ4v) is 5.41. The summed E-state index contributed by atoms with van der Waals surface area (Å²) in [7, 11) is 3.42. The van der Waals surface area contributed by atoms with Gasteiger partial charge in [0.05, 0.1) is 30.3 Å². The highest BCUT2D eigenvalue weighted by atomic mass is 16.5. The molecule has 0 saturated carbocycles. The number of rotatable bonds is 6. The number of ether oxygens (including phenoxy) is 1. The number of benzene rings is 2. The average Bonchev–Trinajstić information content (AvgIpc) is 3.29. The minimum atomic E-state index is -0.423. The maximum atomic E-state index is 13.2. The first kappa shape index (κ1) is 28.3. The van der Waals surface area contributed by atoms with Crippen molar-refractivity contribution >= 4 is 34.1 Å². The van der Waals surface area contributed by atoms with Gasteiger partial charge in [0.15, 0.2) is 0 Å². The molecule has 3 heterocycles. The van der Waals surface area contributed by atoms with Crippen LogP contribution in [0.3, 0.4) is 0 Å². The third-order valence-electron chi connectivity index (χ3n) is 7.49. The van der Waals surface area contributed by atoms with Crippen LogP contribution in [0.1, 0.15) is 42.6 Å². The summed E-state index contributed by atoms with van der Waals surface area (Å²) in [5.74, 6) is -0.266. The molecular weight excluding hydrogens is 516 g/mol. The van der Waals surface area contributed by atoms with Crippen LogP contribution < -0.4 is 16.0 Å². The normalized spacial score (nSPS) is 14.2. The van der Waals surface area contributed by atoms with E-state index in [0.717, 1.165) is 66.1 Å². The van der Waals surface area contributed by atoms with E-state index in [2.05, 4.69) is 53.8 Å². The SMILES string of the molecule is CNC(=O)c1c(NC(=O)Nc2ccc(-c3ccc(CN4CCOCC4)nc3)c3ccccc23)cc(C(C)(C)C)n1C. The van der Waals surface area contributed by atoms with Crippen LogP contribution in [-0.4, -0.2) is 59.7 Å². The summed E-state index contributed by atoms with van der Waals surface area (Å²) in [6.45, 7) is 10.4. The van der Waals surface area contributed by atoms with Gasteiger partial charge in [0.25, 0.3) is 5.91 Å². The lowest BCUT2D eigenvalue weighted by molar-refractivity contribution is 0.0336. The van der Waals surface area contributed by atoms with Gasteiger partial charge < -0.3 is 25.3 Å². The van der Waals surface area contributed by atoms with E-state index < -0.39 is 6.03 Å². The lowest BCUT2D eigenvalue weighted by atomic mass is 9.92. The van der Waals surface area contributed by atoms with Crippen LogP contribution in [0.4, 0.5) is 16.2 Å². The van der Waals surface area contributed by atoms with E-state index in [9.17, 15) is 9.59 Å². The molecule has 1 saturated heterocycles. The first-order valence-electron chi connectivity index (χ1n) is 13.9. The molecule has 1 fully saturated rings. The van der Waals surface area contributed by atoms with Crippen LogP contribution in [0.5, 0.6) is 0 Å². The molecular formula is C32H38N6O3. The summed E-state index contributed by atoms with van der Waals surface area (Å²) >= 11 is 0. The summed E-state index contributed by atoms with van der Waals surface area (Å²) < 4.78 is 7.28. The van der Waals surface area contributed by atoms with E-state index >= 15 is 0 Å². The van der Waals surface area contributed by atoms with E-state index in [0.29, 0.717) is 17.1 Å². The number of amides is 3. The van der Waals surface area contributed by atoms with Gasteiger partial charge in [-0.05, 0) is 29.1 Å². The van der Waals surface area contributed by atoms with Gasteiger partial charge in [-0.25, -0.2) is 4.79 Å². The molecule has 3 N–H and O–H groups in total. The predicted octanol–water partition coefficient (Wildman–Crippen LogP) is 5.37. The predicted molar refractivity (Wildman–Crippen MR) is 163 cm³/mol. The number of pyridine rings is 1. The maximum absolute atomic E-state index is 13.2. The average molecular weight is 555 g/mol. The molecule has 0 atom stereocenters. The molecule has 9 nitrogen and oxygen atoms in total. The van der Waals surface area contributed by atoms with E-state index in [-0.39, 0.29) is 11.3 Å². The number of nitrogens with one attached hydrogen (secondary N) is 3. The van der Waals surface area contributed by atoms with Crippen LogP contribution >= 0.6 is 0 Å². The van der Waals surface area contributed by atoms with Crippen LogP contribution in [0.15, 0.2) is 60.8 Å². The van der Waals surface area contributed by atoms with Gasteiger partial charge in [-0.2, -0.15) is 0 Å². The van der Waals surface area contributed by atoms with Gasteiger partial charge in [-0.15, -0.1) is 0 Å². The van der Waals surface area contributed by atoms with Crippen LogP contribution in [0, 0.1) is 0 Å². The minimum absolute atomic E-state index is 0.213. The minimum Gasteiger partial charge on any atom is -0.379 e. The summed E-state index contributed by atoms with van der Waals surface area (Å²) in [5.41, 5.74) is 5.33. The third-order valence-corrected chi connectivity index (χ3v) is 7.49. The highest BCUT2D eigenvalue weighted by molar-refractivity contribution is 6.11. The molecule has 1 aliphatic rings. The Morgan fingerprint density at radius 1 is 0.951 bits per heavy atom. The zero-order valence-corrected chi connectivity index (χ0v) is 24.4. The maximum Gasteiger partial charge on any atom is 0.323 e. The lowest BCUT2D eigenvalue weighted by Crippen LogP contribution is -2.35. The Morgan fingerprint density at radius 2 is 1.66 bits per heavy atom. The second kappa shape index (κ2) is 11.7. The van der Waals surface area contributed by atoms with Crippen molar-refractivity contribution in [3.63, 3.8) is 0 Å². The standard InChI is InChI=1S/C32H38N6O3/c1-32(2,3)28-18-27(29(37(28)5)30(39)33-4)36-31(40)35-26-13-12-23(24-8-6-7-9-25(24)26)21-10-11-22(34-19-21)20-38-14-16-41-17-15-38/h6-13,18-19H,14-17,20H2,1-5H3,(H,33,39)(H2,35,36,40). The van der Waals surface area contributed by atoms with Crippen LogP contribution in [0.2, 0.25) is 0 Å². The largest absolute Gasteiger partial charge is 0.379 e. The first-order chi connectivity index (χ1) is 19.7. The Kier molecular flexibility index (Phi) is 8.10. The second-order valence-electron chi connectivity index (χ2n) is 11.4. The first-order valence-corrected chi connectivity index (χ1v) is 13.9. The summed E-state index contributed by atoms with van der Waals surface area (Å²) in [6, 6.07) is 17.5. The topological polar surface area (TPSA) is 101 Å². The number of nitrogens with zero attached hydrogens (tertiary/aromatic N) is 3. The molecule has 2 aromatic heterocycles. The van der Waals surface area contributed by atoms with Gasteiger partial charge in [0, 0.05) is 62.0 Å². The van der Waals surface area contributed by atoms with Crippen LogP contribution in [0.25, 0.3) is 21.9 Å². The molecule has 214 valence electrons. The van der Waals surface area contributed by atoms with E-state index in [1.165, 1.54) is 0 Å². The smallest absolute Gasteiger partial charge is 0.323 e. The number of aromatic nitrogens is 2. The fraction of sp³-hybridized carbons (Fsp3) is 0.344. The van der Waals surface area contributed by atoms with Gasteiger partial charge >= 0.3 is 6.03 Å². The zero-order chi connectivity index (χ0) is 29.1. The molecule has 5 rings (SSSR count). The van der Waals surface area contributed by atoms with Crippen molar-refractivity contribution < 1.29 is 14.3 Å². The number of hydrogen-bond donors (Lipinski definition) is 3. The number of carbonyl (C=O) groups excluding carboxylic acids is 2. The van der Waals surface area contributed by atoms with Gasteiger partial charge in [0.1, 0.15) is 5.69 Å². The number of carbonyl (C=O) groups is 2. The second-order valence-corrected chi connectivity index (χ2v) is 11.4. The molecule has 0 radical (unpaired) electrons. The number of anilines is 2. The molecule has 0 bridgehead atoms. The molecule has 2 aromatic carbocycles. The zero-order valence-electron chi connectivity index (χ0n) is 24.4.